The number of hydrogen-bond acceptors (Lipinski definition) is 2. The Morgan fingerprint density at radius 1 is 1.25 bits per heavy atom. The minimum Gasteiger partial charge on any atom is -0.484 e. The van der Waals surface area contributed by atoms with Crippen LogP contribution in [-0.2, 0) is 13.7 Å². The highest BCUT2D eigenvalue weighted by Crippen LogP contribution is 2.20. The Bertz CT molecular complexity index is 624. The number of aromatic nitrogens is 2. The van der Waals surface area contributed by atoms with E-state index in [0.717, 1.165) is 11.8 Å². The molecule has 0 aliphatic carbocycles. The molecule has 2 aromatic rings. The van der Waals surface area contributed by atoms with Gasteiger partial charge in [-0.2, -0.15) is 5.10 Å². The molecule has 0 aliphatic heterocycles. The standard InChI is InChI=1S/C12H12BF4N2O/c1-8-5-10(19(2)18-8)7-20-12-6-9(13(15,16)17)3-4-11(12)14/h3-6H,7H2,1-2H3/q-1. The minimum absolute atomic E-state index is 0.0530. The van der Waals surface area contributed by atoms with E-state index in [1.165, 1.54) is 4.68 Å². The molecule has 8 heteroatoms. The molecule has 1 heterocycles. The summed E-state index contributed by atoms with van der Waals surface area (Å²) in [6.07, 6.45) is 0. The van der Waals surface area contributed by atoms with Crippen LogP contribution in [-0.4, -0.2) is 16.8 Å². The molecule has 0 saturated heterocycles. The molecule has 2 rings (SSSR count). The number of halogens is 4. The Labute approximate surface area is 113 Å². The predicted octanol–water partition coefficient (Wildman–Crippen LogP) is 2.50. The summed E-state index contributed by atoms with van der Waals surface area (Å²) in [6, 6.07) is 3.86. The molecule has 1 aromatic heterocycles. The molecule has 108 valence electrons. The number of benzene rings is 1. The van der Waals surface area contributed by atoms with Crippen LogP contribution >= 0.6 is 0 Å². The van der Waals surface area contributed by atoms with Gasteiger partial charge in [0.05, 0.1) is 11.4 Å². The van der Waals surface area contributed by atoms with Gasteiger partial charge in [-0.15, -0.1) is 5.46 Å². The zero-order valence-corrected chi connectivity index (χ0v) is 10.9. The molecule has 0 amide bonds. The fraction of sp³-hybridized carbons (Fsp3) is 0.250. The maximum absolute atomic E-state index is 13.5. The molecule has 0 saturated carbocycles. The van der Waals surface area contributed by atoms with Crippen molar-refractivity contribution >= 4 is 12.4 Å². The van der Waals surface area contributed by atoms with Gasteiger partial charge in [0.25, 0.3) is 0 Å². The largest absolute Gasteiger partial charge is 0.509 e. The first-order valence-corrected chi connectivity index (χ1v) is 5.89. The monoisotopic (exact) mass is 287 g/mol. The van der Waals surface area contributed by atoms with Gasteiger partial charge in [-0.25, -0.2) is 4.39 Å². The lowest BCUT2D eigenvalue weighted by Crippen LogP contribution is -2.34. The lowest BCUT2D eigenvalue weighted by molar-refractivity contribution is 0.280. The van der Waals surface area contributed by atoms with E-state index < -0.39 is 24.0 Å². The van der Waals surface area contributed by atoms with Gasteiger partial charge in [0.1, 0.15) is 6.61 Å². The average molecular weight is 287 g/mol. The van der Waals surface area contributed by atoms with Crippen LogP contribution in [0.15, 0.2) is 24.3 Å². The first-order chi connectivity index (χ1) is 9.27. The topological polar surface area (TPSA) is 27.1 Å². The van der Waals surface area contributed by atoms with E-state index in [0.29, 0.717) is 17.8 Å². The zero-order valence-electron chi connectivity index (χ0n) is 10.9. The second-order valence-corrected chi connectivity index (χ2v) is 4.45. The van der Waals surface area contributed by atoms with Crippen LogP contribution < -0.4 is 10.2 Å². The van der Waals surface area contributed by atoms with Crippen molar-refractivity contribution in [1.29, 1.82) is 0 Å². The summed E-state index contributed by atoms with van der Waals surface area (Å²) in [7, 11) is 1.68. The highest BCUT2D eigenvalue weighted by molar-refractivity contribution is 6.73. The van der Waals surface area contributed by atoms with E-state index in [-0.39, 0.29) is 6.61 Å². The second kappa shape index (κ2) is 5.18. The van der Waals surface area contributed by atoms with E-state index in [1.54, 1.807) is 20.0 Å². The van der Waals surface area contributed by atoms with Crippen LogP contribution in [0.2, 0.25) is 0 Å². The van der Waals surface area contributed by atoms with Crippen molar-refractivity contribution in [1.82, 2.24) is 9.78 Å². The van der Waals surface area contributed by atoms with Crippen LogP contribution in [0.3, 0.4) is 0 Å². The summed E-state index contributed by atoms with van der Waals surface area (Å²) in [5, 5.41) is 4.07. The normalized spacial score (nSPS) is 11.7. The minimum atomic E-state index is -5.18. The van der Waals surface area contributed by atoms with Gasteiger partial charge in [-0.3, -0.25) is 4.68 Å². The van der Waals surface area contributed by atoms with Crippen molar-refractivity contribution < 1.29 is 22.1 Å². The predicted molar refractivity (Wildman–Crippen MR) is 67.4 cm³/mol. The fourth-order valence-corrected chi connectivity index (χ4v) is 1.79. The van der Waals surface area contributed by atoms with Gasteiger partial charge in [0.2, 0.25) is 0 Å². The van der Waals surface area contributed by atoms with Crippen LogP contribution in [0.1, 0.15) is 11.4 Å². The number of ether oxygens (including phenoxy) is 1. The molecule has 0 fully saturated rings. The molecular weight excluding hydrogens is 275 g/mol. The molecule has 0 aliphatic rings. The summed E-state index contributed by atoms with van der Waals surface area (Å²) < 4.78 is 57.9. The van der Waals surface area contributed by atoms with Crippen molar-refractivity contribution in [3.63, 3.8) is 0 Å². The van der Waals surface area contributed by atoms with Gasteiger partial charge in [-0.05, 0) is 25.1 Å². The summed E-state index contributed by atoms with van der Waals surface area (Å²) in [5.74, 6) is -1.24. The molecule has 0 N–H and O–H groups in total. The smallest absolute Gasteiger partial charge is 0.484 e. The van der Waals surface area contributed by atoms with E-state index in [9.17, 15) is 17.3 Å². The first-order valence-electron chi connectivity index (χ1n) is 5.89. The molecule has 0 spiro atoms. The van der Waals surface area contributed by atoms with Gasteiger partial charge in [0, 0.05) is 7.05 Å². The maximum atomic E-state index is 13.5. The number of nitrogens with zero attached hydrogens (tertiary/aromatic N) is 2. The number of hydrogen-bond donors (Lipinski definition) is 0. The summed E-state index contributed by atoms with van der Waals surface area (Å²) >= 11 is 0. The van der Waals surface area contributed by atoms with Crippen molar-refractivity contribution in [3.05, 3.63) is 41.5 Å². The van der Waals surface area contributed by atoms with Crippen LogP contribution in [0.25, 0.3) is 0 Å². The third-order valence-electron chi connectivity index (χ3n) is 2.81. The fourth-order valence-electron chi connectivity index (χ4n) is 1.79. The van der Waals surface area contributed by atoms with Gasteiger partial charge >= 0.3 is 6.98 Å². The lowest BCUT2D eigenvalue weighted by atomic mass is 9.80. The Kier molecular flexibility index (Phi) is 3.74. The van der Waals surface area contributed by atoms with E-state index in [4.69, 9.17) is 4.74 Å². The van der Waals surface area contributed by atoms with Gasteiger partial charge < -0.3 is 17.7 Å². The van der Waals surface area contributed by atoms with Crippen LogP contribution in [0.4, 0.5) is 17.3 Å². The van der Waals surface area contributed by atoms with Crippen molar-refractivity contribution in [2.45, 2.75) is 13.5 Å². The molecule has 20 heavy (non-hydrogen) atoms. The first kappa shape index (κ1) is 14.4. The Balaban J connectivity index is 2.19. The molecule has 1 aromatic carbocycles. The number of rotatable bonds is 4. The molecule has 0 radical (unpaired) electrons. The van der Waals surface area contributed by atoms with Gasteiger partial charge in [0.15, 0.2) is 11.6 Å². The third-order valence-corrected chi connectivity index (χ3v) is 2.81. The van der Waals surface area contributed by atoms with Crippen LogP contribution in [0.5, 0.6) is 5.75 Å². The number of aryl methyl sites for hydroxylation is 2. The molecule has 0 unspecified atom stereocenters. The van der Waals surface area contributed by atoms with E-state index >= 15 is 0 Å². The summed E-state index contributed by atoms with van der Waals surface area (Å²) in [6.45, 7) is -3.46. The molecular formula is C12H12BF4N2O-. The van der Waals surface area contributed by atoms with Crippen molar-refractivity contribution in [2.24, 2.45) is 7.05 Å². The van der Waals surface area contributed by atoms with Crippen molar-refractivity contribution in [2.75, 3.05) is 0 Å². The second-order valence-electron chi connectivity index (χ2n) is 4.45. The molecule has 3 nitrogen and oxygen atoms in total. The summed E-state index contributed by atoms with van der Waals surface area (Å²) in [4.78, 5) is 0. The van der Waals surface area contributed by atoms with E-state index in [2.05, 4.69) is 5.10 Å². The summed E-state index contributed by atoms with van der Waals surface area (Å²) in [5.41, 5.74) is 0.506. The Morgan fingerprint density at radius 2 is 1.95 bits per heavy atom. The van der Waals surface area contributed by atoms with Gasteiger partial charge in [-0.1, -0.05) is 6.07 Å². The third kappa shape index (κ3) is 3.12. The molecule has 0 atom stereocenters. The highest BCUT2D eigenvalue weighted by Gasteiger charge is 2.26. The Morgan fingerprint density at radius 3 is 2.50 bits per heavy atom. The van der Waals surface area contributed by atoms with E-state index in [1.807, 2.05) is 0 Å². The Hall–Kier alpha value is -1.99. The maximum Gasteiger partial charge on any atom is 0.509 e. The lowest BCUT2D eigenvalue weighted by Gasteiger charge is -2.16. The van der Waals surface area contributed by atoms with Crippen molar-refractivity contribution in [3.8, 4) is 5.75 Å². The SMILES string of the molecule is Cc1cc(COc2cc([B-](F)(F)F)ccc2F)n(C)n1. The molecule has 0 bridgehead atoms. The van der Waals surface area contributed by atoms with Crippen LogP contribution in [0, 0.1) is 12.7 Å². The quantitative estimate of drug-likeness (QED) is 0.638. The zero-order chi connectivity index (χ0) is 14.9. The highest BCUT2D eigenvalue weighted by atomic mass is 19.4. The average Bonchev–Trinajstić information content (AvgIpc) is 2.65.